The normalized spacial score (nSPS) is 11.3. The van der Waals surface area contributed by atoms with E-state index in [2.05, 4.69) is 4.99 Å². The van der Waals surface area contributed by atoms with Gasteiger partial charge in [0.1, 0.15) is 5.75 Å². The first kappa shape index (κ1) is 16.0. The fraction of sp³-hybridized carbons (Fsp3) is 0.267. The largest absolute Gasteiger partial charge is 0.494 e. The van der Waals surface area contributed by atoms with Gasteiger partial charge in [0, 0.05) is 13.8 Å². The van der Waals surface area contributed by atoms with Crippen LogP contribution in [0.3, 0.4) is 0 Å². The lowest BCUT2D eigenvalue weighted by Crippen LogP contribution is -2.22. The summed E-state index contributed by atoms with van der Waals surface area (Å²) in [5.41, 5.74) is 0.676. The van der Waals surface area contributed by atoms with Gasteiger partial charge in [-0.25, -0.2) is 9.56 Å². The molecule has 0 N–H and O–H groups in total. The molecule has 1 aromatic heterocycles. The Morgan fingerprint density at radius 3 is 2.45 bits per heavy atom. The molecule has 0 bridgehead atoms. The quantitative estimate of drug-likeness (QED) is 0.812. The average Bonchev–Trinajstić information content (AvgIpc) is 2.83. The Kier molecular flexibility index (Phi) is 5.11. The minimum absolute atomic E-state index is 0.176. The first-order chi connectivity index (χ1) is 10.5. The molecule has 0 spiro atoms. The molecule has 1 heterocycles. The van der Waals surface area contributed by atoms with E-state index in [1.54, 1.807) is 29.6 Å². The lowest BCUT2D eigenvalue weighted by Gasteiger charge is -2.04. The molecular weight excluding hydrogens is 304 g/mol. The molecule has 0 aliphatic rings. The van der Waals surface area contributed by atoms with Crippen molar-refractivity contribution in [3.63, 3.8) is 0 Å². The van der Waals surface area contributed by atoms with Gasteiger partial charge in [-0.1, -0.05) is 0 Å². The minimum Gasteiger partial charge on any atom is -0.494 e. The Morgan fingerprint density at radius 2 is 1.91 bits per heavy atom. The second-order valence-electron chi connectivity index (χ2n) is 4.34. The van der Waals surface area contributed by atoms with Gasteiger partial charge >= 0.3 is 5.97 Å². The van der Waals surface area contributed by atoms with Crippen LogP contribution in [0.5, 0.6) is 11.6 Å². The van der Waals surface area contributed by atoms with Crippen molar-refractivity contribution in [1.82, 2.24) is 4.57 Å². The highest BCUT2D eigenvalue weighted by Crippen LogP contribution is 2.19. The van der Waals surface area contributed by atoms with E-state index in [-0.39, 0.29) is 11.8 Å². The number of benzene rings is 1. The third-order valence-corrected chi connectivity index (χ3v) is 3.42. The molecule has 7 heteroatoms. The van der Waals surface area contributed by atoms with E-state index >= 15 is 0 Å². The van der Waals surface area contributed by atoms with Crippen LogP contribution in [0.2, 0.25) is 0 Å². The van der Waals surface area contributed by atoms with Gasteiger partial charge in [-0.05, 0) is 31.2 Å². The zero-order chi connectivity index (χ0) is 16.1. The summed E-state index contributed by atoms with van der Waals surface area (Å²) in [4.78, 5) is 27.7. The number of esters is 1. The standard InChI is InChI=1S/C15H16N2O4S/c1-4-20-13-7-5-12(6-8-13)16-15-17(10(2)18)14(9-22-15)21-11(3)19/h5-9H,4H2,1-3H3. The van der Waals surface area contributed by atoms with Crippen molar-refractivity contribution in [2.75, 3.05) is 6.61 Å². The second-order valence-corrected chi connectivity index (χ2v) is 5.18. The summed E-state index contributed by atoms with van der Waals surface area (Å²) in [7, 11) is 0. The van der Waals surface area contributed by atoms with Gasteiger partial charge in [-0.3, -0.25) is 9.59 Å². The van der Waals surface area contributed by atoms with Gasteiger partial charge in [0.2, 0.25) is 11.8 Å². The molecule has 0 fully saturated rings. The summed E-state index contributed by atoms with van der Waals surface area (Å²) in [6.45, 7) is 5.18. The Bertz CT molecular complexity index is 744. The smallest absolute Gasteiger partial charge is 0.309 e. The Balaban J connectivity index is 2.40. The molecule has 116 valence electrons. The lowest BCUT2D eigenvalue weighted by molar-refractivity contribution is -0.132. The fourth-order valence-electron chi connectivity index (χ4n) is 1.78. The molecule has 0 amide bonds. The van der Waals surface area contributed by atoms with Crippen LogP contribution in [0.25, 0.3) is 0 Å². The van der Waals surface area contributed by atoms with Gasteiger partial charge in [-0.15, -0.1) is 11.3 Å². The molecule has 0 atom stereocenters. The number of carbonyl (C=O) groups excluding carboxylic acids is 2. The summed E-state index contributed by atoms with van der Waals surface area (Å²) in [5, 5.41) is 1.58. The van der Waals surface area contributed by atoms with Crippen molar-refractivity contribution in [3.8, 4) is 11.6 Å². The number of carbonyl (C=O) groups is 2. The predicted molar refractivity (Wildman–Crippen MR) is 82.8 cm³/mol. The minimum atomic E-state index is -0.486. The summed E-state index contributed by atoms with van der Waals surface area (Å²) in [5.74, 6) is 0.171. The van der Waals surface area contributed by atoms with Gasteiger partial charge in [0.25, 0.3) is 0 Å². The van der Waals surface area contributed by atoms with Crippen LogP contribution in [0.4, 0.5) is 5.69 Å². The number of aromatic nitrogens is 1. The van der Waals surface area contributed by atoms with Crippen molar-refractivity contribution >= 4 is 28.9 Å². The number of hydrogen-bond donors (Lipinski definition) is 0. The summed E-state index contributed by atoms with van der Waals surface area (Å²) < 4.78 is 11.6. The molecule has 0 aliphatic heterocycles. The van der Waals surface area contributed by atoms with Crippen molar-refractivity contribution in [2.45, 2.75) is 20.8 Å². The van der Waals surface area contributed by atoms with Crippen molar-refractivity contribution in [2.24, 2.45) is 4.99 Å². The van der Waals surface area contributed by atoms with Crippen LogP contribution in [0.1, 0.15) is 25.6 Å². The summed E-state index contributed by atoms with van der Waals surface area (Å²) >= 11 is 1.22. The number of ether oxygens (including phenoxy) is 2. The molecule has 22 heavy (non-hydrogen) atoms. The van der Waals surface area contributed by atoms with Crippen LogP contribution in [-0.2, 0) is 4.79 Å². The maximum atomic E-state index is 11.8. The average molecular weight is 320 g/mol. The topological polar surface area (TPSA) is 69.9 Å². The predicted octanol–water partition coefficient (Wildman–Crippen LogP) is 2.77. The van der Waals surface area contributed by atoms with E-state index in [4.69, 9.17) is 9.47 Å². The van der Waals surface area contributed by atoms with E-state index in [1.165, 1.54) is 29.8 Å². The van der Waals surface area contributed by atoms with Gasteiger partial charge in [0.05, 0.1) is 17.7 Å². The first-order valence-electron chi connectivity index (χ1n) is 6.68. The Hall–Kier alpha value is -2.41. The highest BCUT2D eigenvalue weighted by molar-refractivity contribution is 7.07. The summed E-state index contributed by atoms with van der Waals surface area (Å²) in [6, 6.07) is 7.20. The molecular formula is C15H16N2O4S. The van der Waals surface area contributed by atoms with Crippen molar-refractivity contribution in [1.29, 1.82) is 0 Å². The van der Waals surface area contributed by atoms with Crippen molar-refractivity contribution < 1.29 is 19.1 Å². The molecule has 2 rings (SSSR count). The maximum absolute atomic E-state index is 11.8. The first-order valence-corrected chi connectivity index (χ1v) is 7.56. The van der Waals surface area contributed by atoms with Crippen LogP contribution >= 0.6 is 11.3 Å². The number of thiazole rings is 1. The van der Waals surface area contributed by atoms with E-state index in [1.807, 2.05) is 6.92 Å². The molecule has 1 aromatic carbocycles. The van der Waals surface area contributed by atoms with E-state index < -0.39 is 5.97 Å². The van der Waals surface area contributed by atoms with E-state index in [9.17, 15) is 9.59 Å². The van der Waals surface area contributed by atoms with E-state index in [0.29, 0.717) is 17.1 Å². The van der Waals surface area contributed by atoms with Gasteiger partial charge < -0.3 is 9.47 Å². The highest BCUT2D eigenvalue weighted by Gasteiger charge is 2.12. The zero-order valence-electron chi connectivity index (χ0n) is 12.5. The Labute approximate surface area is 131 Å². The molecule has 0 saturated heterocycles. The van der Waals surface area contributed by atoms with Crippen LogP contribution in [0.15, 0.2) is 34.6 Å². The third-order valence-electron chi connectivity index (χ3n) is 2.61. The van der Waals surface area contributed by atoms with Gasteiger partial charge in [0.15, 0.2) is 4.80 Å². The molecule has 0 saturated carbocycles. The number of rotatable bonds is 4. The summed E-state index contributed by atoms with van der Waals surface area (Å²) in [6.07, 6.45) is 0. The SMILES string of the molecule is CCOc1ccc(N=c2scc(OC(C)=O)n2C(C)=O)cc1. The molecule has 6 nitrogen and oxygen atoms in total. The molecule has 0 radical (unpaired) electrons. The lowest BCUT2D eigenvalue weighted by atomic mass is 10.3. The number of nitrogens with zero attached hydrogens (tertiary/aromatic N) is 2. The number of hydrogen-bond acceptors (Lipinski definition) is 6. The van der Waals surface area contributed by atoms with Crippen LogP contribution in [-0.4, -0.2) is 23.1 Å². The monoisotopic (exact) mass is 320 g/mol. The van der Waals surface area contributed by atoms with Crippen molar-refractivity contribution in [3.05, 3.63) is 34.4 Å². The van der Waals surface area contributed by atoms with E-state index in [0.717, 1.165) is 5.75 Å². The second kappa shape index (κ2) is 7.04. The molecule has 0 aliphatic carbocycles. The zero-order valence-corrected chi connectivity index (χ0v) is 13.3. The van der Waals surface area contributed by atoms with Crippen LogP contribution < -0.4 is 14.3 Å². The highest BCUT2D eigenvalue weighted by atomic mass is 32.1. The molecule has 0 unspecified atom stereocenters. The fourth-order valence-corrected chi connectivity index (χ4v) is 2.62. The maximum Gasteiger partial charge on any atom is 0.309 e. The molecule has 2 aromatic rings. The van der Waals surface area contributed by atoms with Gasteiger partial charge in [-0.2, -0.15) is 0 Å². The Morgan fingerprint density at radius 1 is 1.23 bits per heavy atom. The van der Waals surface area contributed by atoms with Crippen LogP contribution in [0, 0.1) is 0 Å². The third kappa shape index (κ3) is 3.82.